The van der Waals surface area contributed by atoms with Crippen molar-refractivity contribution in [3.63, 3.8) is 0 Å². The third-order valence-corrected chi connectivity index (χ3v) is 2.57. The van der Waals surface area contributed by atoms with Crippen molar-refractivity contribution in [2.24, 2.45) is 0 Å². The molecule has 0 atom stereocenters. The van der Waals surface area contributed by atoms with Gasteiger partial charge in [0.15, 0.2) is 11.5 Å². The Morgan fingerprint density at radius 2 is 1.73 bits per heavy atom. The number of hydrogen-bond acceptors (Lipinski definition) is 2. The van der Waals surface area contributed by atoms with Gasteiger partial charge in [-0.1, -0.05) is 32.8 Å². The van der Waals surface area contributed by atoms with E-state index in [0.717, 1.165) is 43.2 Å². The second-order valence-electron chi connectivity index (χ2n) is 3.98. The molecule has 0 aliphatic rings. The minimum Gasteiger partial charge on any atom is -0.504 e. The molecule has 0 saturated heterocycles. The van der Waals surface area contributed by atoms with Crippen LogP contribution in [0.3, 0.4) is 0 Å². The maximum atomic E-state index is 9.63. The van der Waals surface area contributed by atoms with E-state index in [2.05, 4.69) is 13.8 Å². The Balaban J connectivity index is 2.90. The summed E-state index contributed by atoms with van der Waals surface area (Å²) in [4.78, 5) is 0. The number of aromatic hydroxyl groups is 2. The molecule has 2 N–H and O–H groups in total. The quantitative estimate of drug-likeness (QED) is 0.728. The average Bonchev–Trinajstić information content (AvgIpc) is 2.22. The molecule has 0 spiro atoms. The Morgan fingerprint density at radius 1 is 1.00 bits per heavy atom. The highest BCUT2D eigenvalue weighted by molar-refractivity contribution is 5.47. The van der Waals surface area contributed by atoms with Gasteiger partial charge in [-0.25, -0.2) is 0 Å². The van der Waals surface area contributed by atoms with Crippen molar-refractivity contribution in [3.8, 4) is 11.5 Å². The molecule has 0 heterocycles. The zero-order chi connectivity index (χ0) is 11.3. The lowest BCUT2D eigenvalue weighted by molar-refractivity contribution is 0.398. The topological polar surface area (TPSA) is 40.5 Å². The number of rotatable bonds is 5. The van der Waals surface area contributed by atoms with E-state index in [-0.39, 0.29) is 11.5 Å². The van der Waals surface area contributed by atoms with E-state index in [1.807, 2.05) is 6.07 Å². The second kappa shape index (κ2) is 5.64. The predicted octanol–water partition coefficient (Wildman–Crippen LogP) is 3.39. The van der Waals surface area contributed by atoms with Crippen molar-refractivity contribution in [1.82, 2.24) is 0 Å². The summed E-state index contributed by atoms with van der Waals surface area (Å²) in [6, 6.07) is 3.68. The molecule has 0 radical (unpaired) electrons. The fourth-order valence-electron chi connectivity index (χ4n) is 1.73. The van der Waals surface area contributed by atoms with Crippen LogP contribution in [0.2, 0.25) is 0 Å². The van der Waals surface area contributed by atoms with Gasteiger partial charge in [0.1, 0.15) is 0 Å². The summed E-state index contributed by atoms with van der Waals surface area (Å²) >= 11 is 0. The summed E-state index contributed by atoms with van der Waals surface area (Å²) in [6.07, 6.45) is 5.03. The molecule has 84 valence electrons. The standard InChI is InChI=1S/C13H20O2/c1-3-5-7-10-8-11(6-4-2)13(15)12(14)9-10/h8-9,14-15H,3-7H2,1-2H3. The third kappa shape index (κ3) is 3.15. The molecule has 15 heavy (non-hydrogen) atoms. The highest BCUT2D eigenvalue weighted by Crippen LogP contribution is 2.31. The molecule has 1 aromatic rings. The molecule has 0 aromatic heterocycles. The smallest absolute Gasteiger partial charge is 0.160 e. The summed E-state index contributed by atoms with van der Waals surface area (Å²) in [5, 5.41) is 19.2. The van der Waals surface area contributed by atoms with Gasteiger partial charge in [-0.05, 0) is 36.5 Å². The molecule has 0 aliphatic carbocycles. The molecular weight excluding hydrogens is 188 g/mol. The molecule has 0 amide bonds. The monoisotopic (exact) mass is 208 g/mol. The molecule has 0 aliphatic heterocycles. The summed E-state index contributed by atoms with van der Waals surface area (Å²) in [7, 11) is 0. The van der Waals surface area contributed by atoms with Crippen molar-refractivity contribution in [3.05, 3.63) is 23.3 Å². The van der Waals surface area contributed by atoms with Gasteiger partial charge in [-0.2, -0.15) is 0 Å². The largest absolute Gasteiger partial charge is 0.504 e. The molecule has 2 heteroatoms. The Kier molecular flexibility index (Phi) is 4.47. The highest BCUT2D eigenvalue weighted by atomic mass is 16.3. The number of benzene rings is 1. The fraction of sp³-hybridized carbons (Fsp3) is 0.538. The SMILES string of the molecule is CCCCc1cc(O)c(O)c(CCC)c1. The summed E-state index contributed by atoms with van der Waals surface area (Å²) < 4.78 is 0. The Bertz CT molecular complexity index is 319. The van der Waals surface area contributed by atoms with Gasteiger partial charge < -0.3 is 10.2 Å². The van der Waals surface area contributed by atoms with E-state index < -0.39 is 0 Å². The van der Waals surface area contributed by atoms with Crippen LogP contribution in [0.4, 0.5) is 0 Å². The maximum Gasteiger partial charge on any atom is 0.160 e. The lowest BCUT2D eigenvalue weighted by Crippen LogP contribution is -1.91. The van der Waals surface area contributed by atoms with Crippen molar-refractivity contribution in [1.29, 1.82) is 0 Å². The van der Waals surface area contributed by atoms with Gasteiger partial charge in [0.05, 0.1) is 0 Å². The molecule has 2 nitrogen and oxygen atoms in total. The highest BCUT2D eigenvalue weighted by Gasteiger charge is 2.08. The maximum absolute atomic E-state index is 9.63. The molecule has 0 unspecified atom stereocenters. The first-order chi connectivity index (χ1) is 7.19. The number of hydrogen-bond donors (Lipinski definition) is 2. The molecule has 1 aromatic carbocycles. The minimum absolute atomic E-state index is 0.0204. The van der Waals surface area contributed by atoms with Crippen LogP contribution >= 0.6 is 0 Å². The van der Waals surface area contributed by atoms with Gasteiger partial charge in [0.2, 0.25) is 0 Å². The van der Waals surface area contributed by atoms with Crippen LogP contribution in [-0.2, 0) is 12.8 Å². The predicted molar refractivity (Wildman–Crippen MR) is 62.4 cm³/mol. The van der Waals surface area contributed by atoms with Gasteiger partial charge in [0.25, 0.3) is 0 Å². The Hall–Kier alpha value is -1.18. The van der Waals surface area contributed by atoms with Gasteiger partial charge >= 0.3 is 0 Å². The van der Waals surface area contributed by atoms with Crippen LogP contribution < -0.4 is 0 Å². The van der Waals surface area contributed by atoms with E-state index >= 15 is 0 Å². The molecule has 0 bridgehead atoms. The Labute approximate surface area is 91.6 Å². The van der Waals surface area contributed by atoms with E-state index in [9.17, 15) is 10.2 Å². The number of aryl methyl sites for hydroxylation is 2. The average molecular weight is 208 g/mol. The Morgan fingerprint density at radius 3 is 2.33 bits per heavy atom. The number of phenols is 2. The normalized spacial score (nSPS) is 10.5. The van der Waals surface area contributed by atoms with Crippen LogP contribution in [-0.4, -0.2) is 10.2 Å². The molecular formula is C13H20O2. The first-order valence-electron chi connectivity index (χ1n) is 5.72. The van der Waals surface area contributed by atoms with Crippen LogP contribution in [0.5, 0.6) is 11.5 Å². The van der Waals surface area contributed by atoms with Gasteiger partial charge in [-0.15, -0.1) is 0 Å². The molecule has 1 rings (SSSR count). The first kappa shape index (κ1) is 11.9. The number of unbranched alkanes of at least 4 members (excludes halogenated alkanes) is 1. The molecule has 0 fully saturated rings. The van der Waals surface area contributed by atoms with Crippen molar-refractivity contribution < 1.29 is 10.2 Å². The lowest BCUT2D eigenvalue weighted by atomic mass is 10.0. The van der Waals surface area contributed by atoms with E-state index in [1.54, 1.807) is 6.07 Å². The van der Waals surface area contributed by atoms with Crippen molar-refractivity contribution >= 4 is 0 Å². The zero-order valence-electron chi connectivity index (χ0n) is 9.58. The summed E-state index contributed by atoms with van der Waals surface area (Å²) in [5.74, 6) is 0.0733. The van der Waals surface area contributed by atoms with Gasteiger partial charge in [0, 0.05) is 0 Å². The second-order valence-corrected chi connectivity index (χ2v) is 3.98. The van der Waals surface area contributed by atoms with Gasteiger partial charge in [-0.3, -0.25) is 0 Å². The van der Waals surface area contributed by atoms with Crippen molar-refractivity contribution in [2.45, 2.75) is 46.0 Å². The van der Waals surface area contributed by atoms with E-state index in [1.165, 1.54) is 0 Å². The fourth-order valence-corrected chi connectivity index (χ4v) is 1.73. The first-order valence-corrected chi connectivity index (χ1v) is 5.72. The van der Waals surface area contributed by atoms with E-state index in [4.69, 9.17) is 0 Å². The third-order valence-electron chi connectivity index (χ3n) is 2.57. The van der Waals surface area contributed by atoms with Crippen molar-refractivity contribution in [2.75, 3.05) is 0 Å². The number of phenolic OH excluding ortho intramolecular Hbond substituents is 2. The minimum atomic E-state index is 0.0204. The van der Waals surface area contributed by atoms with Crippen LogP contribution in [0.1, 0.15) is 44.2 Å². The van der Waals surface area contributed by atoms with Crippen LogP contribution in [0.25, 0.3) is 0 Å². The zero-order valence-corrected chi connectivity index (χ0v) is 9.58. The molecule has 0 saturated carbocycles. The lowest BCUT2D eigenvalue weighted by Gasteiger charge is -2.08. The van der Waals surface area contributed by atoms with Crippen LogP contribution in [0, 0.1) is 0 Å². The summed E-state index contributed by atoms with van der Waals surface area (Å²) in [6.45, 7) is 4.21. The summed E-state index contributed by atoms with van der Waals surface area (Å²) in [5.41, 5.74) is 1.99. The van der Waals surface area contributed by atoms with Crippen LogP contribution in [0.15, 0.2) is 12.1 Å². The van der Waals surface area contributed by atoms with E-state index in [0.29, 0.717) is 0 Å².